The summed E-state index contributed by atoms with van der Waals surface area (Å²) in [5, 5.41) is 0. The third-order valence-corrected chi connectivity index (χ3v) is 3.48. The topological polar surface area (TPSA) is 83.8 Å². The smallest absolute Gasteiger partial charge is 0.193 e. The highest BCUT2D eigenvalue weighted by Gasteiger charge is 2.15. The molecule has 1 atom stereocenters. The van der Waals surface area contributed by atoms with Gasteiger partial charge in [0.2, 0.25) is 0 Å². The van der Waals surface area contributed by atoms with E-state index in [4.69, 9.17) is 4.78 Å². The van der Waals surface area contributed by atoms with Gasteiger partial charge in [0.15, 0.2) is 12.1 Å². The van der Waals surface area contributed by atoms with Gasteiger partial charge in [-0.3, -0.25) is 4.79 Å². The Labute approximate surface area is 105 Å². The van der Waals surface area contributed by atoms with Crippen LogP contribution >= 0.6 is 0 Å². The number of benzene rings is 1. The van der Waals surface area contributed by atoms with Crippen molar-refractivity contribution in [3.63, 3.8) is 0 Å². The number of nitrogens with zero attached hydrogens (tertiary/aromatic N) is 2. The number of aromatic nitrogens is 2. The molecule has 0 aliphatic heterocycles. The van der Waals surface area contributed by atoms with Gasteiger partial charge in [0, 0.05) is 18.0 Å². The number of carbonyl (C=O) groups excluding carboxylic acids is 1. The predicted molar refractivity (Wildman–Crippen MR) is 67.9 cm³/mol. The van der Waals surface area contributed by atoms with Gasteiger partial charge in [0.1, 0.15) is 0 Å². The second-order valence-corrected chi connectivity index (χ2v) is 5.90. The van der Waals surface area contributed by atoms with Crippen LogP contribution in [0.5, 0.6) is 0 Å². The van der Waals surface area contributed by atoms with Crippen LogP contribution < -0.4 is 0 Å². The number of hydrogen-bond donors (Lipinski definition) is 1. The molecule has 1 heterocycles. The van der Waals surface area contributed by atoms with Crippen molar-refractivity contribution in [1.82, 2.24) is 9.97 Å². The number of hydrogen-bond acceptors (Lipinski definition) is 5. The molecular formula is C12H11N3O2S. The van der Waals surface area contributed by atoms with Gasteiger partial charge in [-0.15, -0.1) is 0 Å². The molecule has 0 saturated heterocycles. The van der Waals surface area contributed by atoms with E-state index in [9.17, 15) is 9.00 Å². The van der Waals surface area contributed by atoms with Crippen LogP contribution in [-0.2, 0) is 9.73 Å². The maximum absolute atomic E-state index is 11.9. The lowest BCUT2D eigenvalue weighted by molar-refractivity contribution is 0.111. The Morgan fingerprint density at radius 1 is 1.28 bits per heavy atom. The summed E-state index contributed by atoms with van der Waals surface area (Å²) in [4.78, 5) is 18.8. The average molecular weight is 261 g/mol. The van der Waals surface area contributed by atoms with E-state index in [1.165, 1.54) is 12.5 Å². The van der Waals surface area contributed by atoms with Crippen LogP contribution in [-0.4, -0.2) is 26.7 Å². The molecule has 1 aromatic heterocycles. The first-order valence-electron chi connectivity index (χ1n) is 5.14. The minimum Gasteiger partial charge on any atom is -0.294 e. The van der Waals surface area contributed by atoms with E-state index in [1.54, 1.807) is 12.1 Å². The Morgan fingerprint density at radius 3 is 2.50 bits per heavy atom. The fourth-order valence-electron chi connectivity index (χ4n) is 1.53. The molecule has 5 nitrogen and oxygen atoms in total. The Bertz CT molecular complexity index is 682. The normalized spacial score (nSPS) is 13.8. The second-order valence-electron chi connectivity index (χ2n) is 3.77. The van der Waals surface area contributed by atoms with Crippen LogP contribution in [0.25, 0.3) is 11.3 Å². The summed E-state index contributed by atoms with van der Waals surface area (Å²) in [6.07, 6.45) is 3.12. The van der Waals surface area contributed by atoms with Gasteiger partial charge >= 0.3 is 0 Å². The second kappa shape index (κ2) is 4.66. The molecule has 1 aromatic carbocycles. The molecule has 18 heavy (non-hydrogen) atoms. The molecule has 0 spiro atoms. The molecule has 0 fully saturated rings. The minimum absolute atomic E-state index is 0.0150. The molecule has 0 saturated carbocycles. The zero-order valence-electron chi connectivity index (χ0n) is 9.66. The molecule has 1 N–H and O–H groups in total. The Balaban J connectivity index is 2.74. The largest absolute Gasteiger partial charge is 0.294 e. The van der Waals surface area contributed by atoms with Crippen LogP contribution in [0, 0.1) is 4.78 Å². The van der Waals surface area contributed by atoms with Gasteiger partial charge in [0.25, 0.3) is 0 Å². The third kappa shape index (κ3) is 2.43. The monoisotopic (exact) mass is 261 g/mol. The molecule has 2 rings (SSSR count). The molecule has 0 aliphatic carbocycles. The number of aldehydes is 1. The molecule has 92 valence electrons. The lowest BCUT2D eigenvalue weighted by Crippen LogP contribution is -2.04. The van der Waals surface area contributed by atoms with Gasteiger partial charge in [-0.05, 0) is 0 Å². The van der Waals surface area contributed by atoms with Crippen LogP contribution in [0.2, 0.25) is 0 Å². The molecule has 0 bridgehead atoms. The van der Waals surface area contributed by atoms with E-state index in [1.807, 2.05) is 18.2 Å². The van der Waals surface area contributed by atoms with Crippen molar-refractivity contribution >= 4 is 16.0 Å². The summed E-state index contributed by atoms with van der Waals surface area (Å²) in [6.45, 7) is 0. The lowest BCUT2D eigenvalue weighted by Gasteiger charge is -2.08. The third-order valence-electron chi connectivity index (χ3n) is 2.35. The van der Waals surface area contributed by atoms with Crippen LogP contribution in [0.3, 0.4) is 0 Å². The first-order valence-corrected chi connectivity index (χ1v) is 7.10. The Morgan fingerprint density at radius 2 is 1.94 bits per heavy atom. The molecule has 0 aliphatic rings. The van der Waals surface area contributed by atoms with E-state index in [-0.39, 0.29) is 10.7 Å². The van der Waals surface area contributed by atoms with E-state index in [0.717, 1.165) is 0 Å². The molecule has 0 amide bonds. The average Bonchev–Trinajstić information content (AvgIpc) is 2.38. The molecular weight excluding hydrogens is 250 g/mol. The summed E-state index contributed by atoms with van der Waals surface area (Å²) >= 11 is 0. The first kappa shape index (κ1) is 12.4. The fraction of sp³-hybridized carbons (Fsp3) is 0.0833. The number of carbonyl (C=O) groups is 1. The van der Waals surface area contributed by atoms with Gasteiger partial charge in [-0.1, -0.05) is 30.3 Å². The van der Waals surface area contributed by atoms with Gasteiger partial charge < -0.3 is 0 Å². The van der Waals surface area contributed by atoms with Crippen molar-refractivity contribution in [3.8, 4) is 11.3 Å². The van der Waals surface area contributed by atoms with Crippen LogP contribution in [0.15, 0.2) is 41.4 Å². The van der Waals surface area contributed by atoms with Crippen LogP contribution in [0.4, 0.5) is 0 Å². The summed E-state index contributed by atoms with van der Waals surface area (Å²) in [6, 6.07) is 9.03. The highest BCUT2D eigenvalue weighted by atomic mass is 32.2. The van der Waals surface area contributed by atoms with E-state index in [0.29, 0.717) is 17.5 Å². The maximum atomic E-state index is 11.9. The number of nitrogens with one attached hydrogen (secondary N) is 1. The molecule has 1 unspecified atom stereocenters. The van der Waals surface area contributed by atoms with E-state index in [2.05, 4.69) is 9.97 Å². The van der Waals surface area contributed by atoms with Crippen molar-refractivity contribution in [2.45, 2.75) is 4.90 Å². The van der Waals surface area contributed by atoms with Crippen molar-refractivity contribution < 1.29 is 9.00 Å². The maximum Gasteiger partial charge on any atom is 0.193 e. The van der Waals surface area contributed by atoms with Gasteiger partial charge in [0.05, 0.1) is 20.3 Å². The standard InChI is InChI=1S/C12H11N3O2S/c1-18(13,17)10-7-14-11(8-16)15-12(10)9-5-3-2-4-6-9/h2-8,13H,1H3. The molecule has 6 heteroatoms. The van der Waals surface area contributed by atoms with Gasteiger partial charge in [-0.25, -0.2) is 19.0 Å². The lowest BCUT2D eigenvalue weighted by atomic mass is 10.1. The summed E-state index contributed by atoms with van der Waals surface area (Å²) < 4.78 is 19.5. The van der Waals surface area contributed by atoms with Crippen molar-refractivity contribution in [2.24, 2.45) is 0 Å². The number of rotatable bonds is 3. The van der Waals surface area contributed by atoms with Crippen molar-refractivity contribution in [2.75, 3.05) is 6.26 Å². The summed E-state index contributed by atoms with van der Waals surface area (Å²) in [7, 11) is -2.95. The predicted octanol–water partition coefficient (Wildman–Crippen LogP) is 1.99. The zero-order valence-corrected chi connectivity index (χ0v) is 10.5. The quantitative estimate of drug-likeness (QED) is 0.856. The highest BCUT2D eigenvalue weighted by molar-refractivity contribution is 7.91. The van der Waals surface area contributed by atoms with Gasteiger partial charge in [-0.2, -0.15) is 0 Å². The van der Waals surface area contributed by atoms with Crippen molar-refractivity contribution in [3.05, 3.63) is 42.4 Å². The fourth-order valence-corrected chi connectivity index (χ4v) is 2.32. The molecule has 2 aromatic rings. The van der Waals surface area contributed by atoms with E-state index >= 15 is 0 Å². The minimum atomic E-state index is -2.95. The summed E-state index contributed by atoms with van der Waals surface area (Å²) in [5.41, 5.74) is 1.08. The van der Waals surface area contributed by atoms with Crippen molar-refractivity contribution in [1.29, 1.82) is 4.78 Å². The highest BCUT2D eigenvalue weighted by Crippen LogP contribution is 2.24. The Kier molecular flexibility index (Phi) is 3.20. The Hall–Kier alpha value is -2.08. The SMILES string of the molecule is CS(=N)(=O)c1cnc(C=O)nc1-c1ccccc1. The zero-order chi connectivity index (χ0) is 13.2. The summed E-state index contributed by atoms with van der Waals surface area (Å²) in [5.74, 6) is 0.0150. The van der Waals surface area contributed by atoms with Crippen LogP contribution in [0.1, 0.15) is 10.6 Å². The molecule has 0 radical (unpaired) electrons. The first-order chi connectivity index (χ1) is 8.52. The van der Waals surface area contributed by atoms with E-state index < -0.39 is 9.73 Å².